The molecule has 0 aliphatic heterocycles. The topological polar surface area (TPSA) is 41.1 Å². The Morgan fingerprint density at radius 1 is 1.21 bits per heavy atom. The fourth-order valence-electron chi connectivity index (χ4n) is 1.32. The highest BCUT2D eigenvalue weighted by atomic mass is 16.2. The lowest BCUT2D eigenvalue weighted by Gasteiger charge is -2.24. The zero-order valence-corrected chi connectivity index (χ0v) is 9.94. The molecule has 0 saturated carbocycles. The van der Waals surface area contributed by atoms with Gasteiger partial charge in [0.25, 0.3) is 0 Å². The average molecular weight is 200 g/mol. The minimum absolute atomic E-state index is 0.0930. The van der Waals surface area contributed by atoms with E-state index in [2.05, 4.69) is 17.6 Å². The molecule has 0 heterocycles. The van der Waals surface area contributed by atoms with Crippen molar-refractivity contribution in [3.05, 3.63) is 0 Å². The van der Waals surface area contributed by atoms with Crippen molar-refractivity contribution in [2.24, 2.45) is 0 Å². The zero-order valence-electron chi connectivity index (χ0n) is 9.94. The highest BCUT2D eigenvalue weighted by molar-refractivity contribution is 5.85. The Morgan fingerprint density at radius 3 is 2.36 bits per heavy atom. The van der Waals surface area contributed by atoms with Crippen LogP contribution in [0.15, 0.2) is 0 Å². The third-order valence-corrected chi connectivity index (χ3v) is 2.25. The molecule has 0 aliphatic carbocycles. The molecule has 0 spiro atoms. The standard InChI is InChI=1S/C11H24N2O/c1-5-7-8-9-12-10(14)11(3,4)13-6-2/h13H,5-9H2,1-4H3,(H,12,14). The Hall–Kier alpha value is -0.570. The van der Waals surface area contributed by atoms with Crippen molar-refractivity contribution in [2.75, 3.05) is 13.1 Å². The molecule has 0 radical (unpaired) electrons. The molecule has 84 valence electrons. The van der Waals surface area contributed by atoms with Gasteiger partial charge in [0.05, 0.1) is 5.54 Å². The maximum Gasteiger partial charge on any atom is 0.239 e. The lowest BCUT2D eigenvalue weighted by Crippen LogP contribution is -2.52. The Bertz CT molecular complexity index is 167. The summed E-state index contributed by atoms with van der Waals surface area (Å²) in [4.78, 5) is 11.6. The molecule has 3 heteroatoms. The van der Waals surface area contributed by atoms with Crippen molar-refractivity contribution in [3.8, 4) is 0 Å². The van der Waals surface area contributed by atoms with Gasteiger partial charge in [0.2, 0.25) is 5.91 Å². The quantitative estimate of drug-likeness (QED) is 0.614. The van der Waals surface area contributed by atoms with Crippen molar-refractivity contribution < 1.29 is 4.79 Å². The van der Waals surface area contributed by atoms with Crippen molar-refractivity contribution >= 4 is 5.91 Å². The monoisotopic (exact) mass is 200 g/mol. The maximum atomic E-state index is 11.6. The van der Waals surface area contributed by atoms with Crippen LogP contribution in [0.25, 0.3) is 0 Å². The van der Waals surface area contributed by atoms with Crippen LogP contribution in [0, 0.1) is 0 Å². The van der Waals surface area contributed by atoms with Gasteiger partial charge in [-0.2, -0.15) is 0 Å². The van der Waals surface area contributed by atoms with Gasteiger partial charge in [0, 0.05) is 6.54 Å². The Morgan fingerprint density at radius 2 is 1.86 bits per heavy atom. The van der Waals surface area contributed by atoms with Crippen LogP contribution in [0.3, 0.4) is 0 Å². The number of likely N-dealkylation sites (N-methyl/N-ethyl adjacent to an activating group) is 1. The normalized spacial score (nSPS) is 11.4. The lowest BCUT2D eigenvalue weighted by atomic mass is 10.0. The van der Waals surface area contributed by atoms with Crippen LogP contribution >= 0.6 is 0 Å². The van der Waals surface area contributed by atoms with Gasteiger partial charge in [-0.15, -0.1) is 0 Å². The number of hydrogen-bond acceptors (Lipinski definition) is 2. The van der Waals surface area contributed by atoms with Crippen LogP contribution in [0.2, 0.25) is 0 Å². The fourth-order valence-corrected chi connectivity index (χ4v) is 1.32. The second-order valence-corrected chi connectivity index (χ2v) is 4.12. The van der Waals surface area contributed by atoms with Gasteiger partial charge in [0.15, 0.2) is 0 Å². The van der Waals surface area contributed by atoms with Gasteiger partial charge in [-0.05, 0) is 26.8 Å². The largest absolute Gasteiger partial charge is 0.355 e. The van der Waals surface area contributed by atoms with Gasteiger partial charge in [-0.1, -0.05) is 26.7 Å². The van der Waals surface area contributed by atoms with Gasteiger partial charge in [0.1, 0.15) is 0 Å². The number of unbranched alkanes of at least 4 members (excludes halogenated alkanes) is 2. The third-order valence-electron chi connectivity index (χ3n) is 2.25. The molecule has 1 amide bonds. The first-order chi connectivity index (χ1) is 6.54. The highest BCUT2D eigenvalue weighted by Crippen LogP contribution is 2.01. The summed E-state index contributed by atoms with van der Waals surface area (Å²) in [6, 6.07) is 0. The lowest BCUT2D eigenvalue weighted by molar-refractivity contribution is -0.126. The molecule has 0 rings (SSSR count). The maximum absolute atomic E-state index is 11.6. The van der Waals surface area contributed by atoms with E-state index < -0.39 is 5.54 Å². The number of amides is 1. The summed E-state index contributed by atoms with van der Waals surface area (Å²) in [7, 11) is 0. The number of hydrogen-bond donors (Lipinski definition) is 2. The molecule has 0 atom stereocenters. The summed E-state index contributed by atoms with van der Waals surface area (Å²) in [6.07, 6.45) is 3.44. The molecular formula is C11H24N2O. The van der Waals surface area contributed by atoms with E-state index in [1.807, 2.05) is 20.8 Å². The molecule has 0 aromatic rings. The Labute approximate surface area is 87.6 Å². The number of carbonyl (C=O) groups is 1. The molecule has 14 heavy (non-hydrogen) atoms. The summed E-state index contributed by atoms with van der Waals surface area (Å²) < 4.78 is 0. The molecule has 3 nitrogen and oxygen atoms in total. The van der Waals surface area contributed by atoms with Crippen LogP contribution in [0.5, 0.6) is 0 Å². The molecule has 2 N–H and O–H groups in total. The molecule has 0 fully saturated rings. The van der Waals surface area contributed by atoms with E-state index in [4.69, 9.17) is 0 Å². The first kappa shape index (κ1) is 13.4. The van der Waals surface area contributed by atoms with E-state index in [1.54, 1.807) is 0 Å². The molecule has 0 bridgehead atoms. The second-order valence-electron chi connectivity index (χ2n) is 4.12. The van der Waals surface area contributed by atoms with Crippen LogP contribution in [-0.2, 0) is 4.79 Å². The molecule has 0 aromatic heterocycles. The molecule has 0 aromatic carbocycles. The molecular weight excluding hydrogens is 176 g/mol. The van der Waals surface area contributed by atoms with Crippen molar-refractivity contribution in [1.82, 2.24) is 10.6 Å². The highest BCUT2D eigenvalue weighted by Gasteiger charge is 2.25. The van der Waals surface area contributed by atoms with Crippen molar-refractivity contribution in [2.45, 2.75) is 52.5 Å². The summed E-state index contributed by atoms with van der Waals surface area (Å²) >= 11 is 0. The number of carbonyl (C=O) groups excluding carboxylic acids is 1. The van der Waals surface area contributed by atoms with Crippen LogP contribution < -0.4 is 10.6 Å². The fraction of sp³-hybridized carbons (Fsp3) is 0.909. The molecule has 0 saturated heterocycles. The first-order valence-electron chi connectivity index (χ1n) is 5.58. The first-order valence-corrected chi connectivity index (χ1v) is 5.58. The van der Waals surface area contributed by atoms with Crippen molar-refractivity contribution in [3.63, 3.8) is 0 Å². The van der Waals surface area contributed by atoms with E-state index in [-0.39, 0.29) is 5.91 Å². The van der Waals surface area contributed by atoms with Gasteiger partial charge >= 0.3 is 0 Å². The summed E-state index contributed by atoms with van der Waals surface area (Å²) in [5.41, 5.74) is -0.443. The van der Waals surface area contributed by atoms with Crippen molar-refractivity contribution in [1.29, 1.82) is 0 Å². The third kappa shape index (κ3) is 5.22. The average Bonchev–Trinajstić information content (AvgIpc) is 2.12. The van der Waals surface area contributed by atoms with Gasteiger partial charge in [-0.25, -0.2) is 0 Å². The van der Waals surface area contributed by atoms with Crippen LogP contribution in [0.1, 0.15) is 47.0 Å². The van der Waals surface area contributed by atoms with Crippen LogP contribution in [-0.4, -0.2) is 24.5 Å². The van der Waals surface area contributed by atoms with E-state index >= 15 is 0 Å². The molecule has 0 unspecified atom stereocenters. The van der Waals surface area contributed by atoms with E-state index in [0.29, 0.717) is 0 Å². The predicted octanol–water partition coefficient (Wildman–Crippen LogP) is 1.68. The SMILES string of the molecule is CCCCCNC(=O)C(C)(C)NCC. The predicted molar refractivity (Wildman–Crippen MR) is 60.3 cm³/mol. The van der Waals surface area contributed by atoms with E-state index in [1.165, 1.54) is 12.8 Å². The minimum Gasteiger partial charge on any atom is -0.355 e. The van der Waals surface area contributed by atoms with E-state index in [0.717, 1.165) is 19.5 Å². The Kier molecular flexibility index (Phi) is 6.54. The Balaban J connectivity index is 3.71. The summed E-state index contributed by atoms with van der Waals surface area (Å²) in [5.74, 6) is 0.0930. The zero-order chi connectivity index (χ0) is 11.0. The summed E-state index contributed by atoms with van der Waals surface area (Å²) in [5, 5.41) is 6.09. The van der Waals surface area contributed by atoms with Gasteiger partial charge < -0.3 is 10.6 Å². The van der Waals surface area contributed by atoms with E-state index in [9.17, 15) is 4.79 Å². The number of nitrogens with one attached hydrogen (secondary N) is 2. The molecule has 0 aliphatic rings. The number of rotatable bonds is 7. The van der Waals surface area contributed by atoms with Crippen LogP contribution in [0.4, 0.5) is 0 Å². The summed E-state index contributed by atoms with van der Waals surface area (Å²) in [6.45, 7) is 9.59. The smallest absolute Gasteiger partial charge is 0.239 e. The second kappa shape index (κ2) is 6.82. The minimum atomic E-state index is -0.443. The van der Waals surface area contributed by atoms with Gasteiger partial charge in [-0.3, -0.25) is 4.79 Å².